The van der Waals surface area contributed by atoms with Gasteiger partial charge in [0.1, 0.15) is 11.3 Å². The molecule has 0 saturated heterocycles. The molecule has 1 atom stereocenters. The summed E-state index contributed by atoms with van der Waals surface area (Å²) < 4.78 is 6.00. The first-order chi connectivity index (χ1) is 7.77. The third kappa shape index (κ3) is 1.87. The lowest BCUT2D eigenvalue weighted by Crippen LogP contribution is -1.96. The molecule has 1 nitrogen and oxygen atoms in total. The van der Waals surface area contributed by atoms with Crippen molar-refractivity contribution in [1.29, 1.82) is 0 Å². The number of hydrogen-bond acceptors (Lipinski definition) is 1. The summed E-state index contributed by atoms with van der Waals surface area (Å²) in [5, 5.41) is 1.27. The molecule has 1 aromatic heterocycles. The van der Waals surface area contributed by atoms with E-state index in [-0.39, 0.29) is 0 Å². The Bertz CT molecular complexity index is 467. The summed E-state index contributed by atoms with van der Waals surface area (Å²) in [6.45, 7) is 6.66. The molecule has 1 heteroatoms. The number of aryl methyl sites for hydroxylation is 1. The Morgan fingerprint density at radius 1 is 1.19 bits per heavy atom. The minimum atomic E-state index is 0.581. The van der Waals surface area contributed by atoms with E-state index in [2.05, 4.69) is 39.0 Å². The molecule has 1 unspecified atom stereocenters. The van der Waals surface area contributed by atoms with E-state index in [1.165, 1.54) is 29.6 Å². The van der Waals surface area contributed by atoms with Gasteiger partial charge in [-0.2, -0.15) is 0 Å². The van der Waals surface area contributed by atoms with Gasteiger partial charge in [-0.3, -0.25) is 0 Å². The molecule has 86 valence electrons. The number of rotatable bonds is 4. The summed E-state index contributed by atoms with van der Waals surface area (Å²) in [5.41, 5.74) is 2.36. The summed E-state index contributed by atoms with van der Waals surface area (Å²) in [6, 6.07) is 8.33. The predicted octanol–water partition coefficient (Wildman–Crippen LogP) is 5.03. The lowest BCUT2D eigenvalue weighted by atomic mass is 9.95. The second-order valence-electron chi connectivity index (χ2n) is 4.48. The van der Waals surface area contributed by atoms with E-state index in [0.29, 0.717) is 5.92 Å². The molecule has 0 bridgehead atoms. The van der Waals surface area contributed by atoms with E-state index >= 15 is 0 Å². The van der Waals surface area contributed by atoms with Crippen LogP contribution in [-0.2, 0) is 0 Å². The predicted molar refractivity (Wildman–Crippen MR) is 68.9 cm³/mol. The van der Waals surface area contributed by atoms with Crippen molar-refractivity contribution in [2.75, 3.05) is 0 Å². The first-order valence-corrected chi connectivity index (χ1v) is 6.25. The van der Waals surface area contributed by atoms with Crippen molar-refractivity contribution in [2.24, 2.45) is 0 Å². The van der Waals surface area contributed by atoms with Gasteiger partial charge in [-0.05, 0) is 31.4 Å². The van der Waals surface area contributed by atoms with E-state index in [1.807, 2.05) is 6.07 Å². The van der Waals surface area contributed by atoms with Crippen molar-refractivity contribution in [3.8, 4) is 0 Å². The largest absolute Gasteiger partial charge is 0.460 e. The summed E-state index contributed by atoms with van der Waals surface area (Å²) in [4.78, 5) is 0. The van der Waals surface area contributed by atoms with Gasteiger partial charge in [-0.15, -0.1) is 0 Å². The van der Waals surface area contributed by atoms with Gasteiger partial charge in [0.05, 0.1) is 0 Å². The van der Waals surface area contributed by atoms with Crippen LogP contribution in [0.5, 0.6) is 0 Å². The smallest absolute Gasteiger partial charge is 0.134 e. The van der Waals surface area contributed by atoms with Crippen molar-refractivity contribution in [3.05, 3.63) is 35.6 Å². The van der Waals surface area contributed by atoms with E-state index in [4.69, 9.17) is 4.42 Å². The van der Waals surface area contributed by atoms with Crippen LogP contribution < -0.4 is 0 Å². The van der Waals surface area contributed by atoms with Crippen LogP contribution in [0.3, 0.4) is 0 Å². The average Bonchev–Trinajstić information content (AvgIpc) is 2.64. The van der Waals surface area contributed by atoms with Crippen LogP contribution >= 0.6 is 0 Å². The molecule has 2 aromatic rings. The van der Waals surface area contributed by atoms with Gasteiger partial charge >= 0.3 is 0 Å². The highest BCUT2D eigenvalue weighted by molar-refractivity contribution is 5.82. The Labute approximate surface area is 97.5 Å². The summed E-state index contributed by atoms with van der Waals surface area (Å²) >= 11 is 0. The molecule has 0 amide bonds. The standard InChI is InChI=1S/C15H20O/c1-4-8-12(5-2)15-11(3)13-9-6-7-10-14(13)16-15/h6-7,9-10,12H,4-5,8H2,1-3H3. The van der Waals surface area contributed by atoms with Crippen LogP contribution in [0.2, 0.25) is 0 Å². The minimum Gasteiger partial charge on any atom is -0.460 e. The van der Waals surface area contributed by atoms with Crippen molar-refractivity contribution in [3.63, 3.8) is 0 Å². The maximum absolute atomic E-state index is 6.00. The normalized spacial score (nSPS) is 13.2. The number of furan rings is 1. The molecule has 0 radical (unpaired) electrons. The van der Waals surface area contributed by atoms with Gasteiger partial charge in [0.15, 0.2) is 0 Å². The van der Waals surface area contributed by atoms with Crippen molar-refractivity contribution in [2.45, 2.75) is 46.0 Å². The molecular weight excluding hydrogens is 196 g/mol. The fourth-order valence-electron chi connectivity index (χ4n) is 2.45. The molecular formula is C15H20O. The quantitative estimate of drug-likeness (QED) is 0.698. The minimum absolute atomic E-state index is 0.581. The Morgan fingerprint density at radius 3 is 2.56 bits per heavy atom. The maximum atomic E-state index is 6.00. The van der Waals surface area contributed by atoms with Crippen LogP contribution in [-0.4, -0.2) is 0 Å². The fourth-order valence-corrected chi connectivity index (χ4v) is 2.45. The molecule has 0 aliphatic rings. The summed E-state index contributed by atoms with van der Waals surface area (Å²) in [7, 11) is 0. The van der Waals surface area contributed by atoms with Gasteiger partial charge in [0, 0.05) is 11.3 Å². The second-order valence-corrected chi connectivity index (χ2v) is 4.48. The highest BCUT2D eigenvalue weighted by atomic mass is 16.3. The molecule has 0 saturated carbocycles. The molecule has 1 heterocycles. The van der Waals surface area contributed by atoms with Gasteiger partial charge in [-0.1, -0.05) is 38.5 Å². The first kappa shape index (κ1) is 11.3. The van der Waals surface area contributed by atoms with Crippen LogP contribution in [0.25, 0.3) is 11.0 Å². The zero-order valence-corrected chi connectivity index (χ0v) is 10.4. The number of para-hydroxylation sites is 1. The number of hydrogen-bond donors (Lipinski definition) is 0. The fraction of sp³-hybridized carbons (Fsp3) is 0.467. The lowest BCUT2D eigenvalue weighted by Gasteiger charge is -2.11. The van der Waals surface area contributed by atoms with Crippen molar-refractivity contribution in [1.82, 2.24) is 0 Å². The molecule has 0 fully saturated rings. The molecule has 0 aliphatic carbocycles. The number of benzene rings is 1. The van der Waals surface area contributed by atoms with Crippen LogP contribution in [0.4, 0.5) is 0 Å². The third-order valence-corrected chi connectivity index (χ3v) is 3.38. The third-order valence-electron chi connectivity index (χ3n) is 3.38. The molecule has 0 N–H and O–H groups in total. The highest BCUT2D eigenvalue weighted by Gasteiger charge is 2.17. The van der Waals surface area contributed by atoms with Gasteiger partial charge in [-0.25, -0.2) is 0 Å². The first-order valence-electron chi connectivity index (χ1n) is 6.25. The van der Waals surface area contributed by atoms with E-state index < -0.39 is 0 Å². The van der Waals surface area contributed by atoms with E-state index in [1.54, 1.807) is 0 Å². The Hall–Kier alpha value is -1.24. The monoisotopic (exact) mass is 216 g/mol. The van der Waals surface area contributed by atoms with Gasteiger partial charge < -0.3 is 4.42 Å². The summed E-state index contributed by atoms with van der Waals surface area (Å²) in [5.74, 6) is 1.78. The Kier molecular flexibility index (Phi) is 3.33. The number of fused-ring (bicyclic) bond motifs is 1. The van der Waals surface area contributed by atoms with Crippen LogP contribution in [0, 0.1) is 6.92 Å². The average molecular weight is 216 g/mol. The molecule has 1 aromatic carbocycles. The molecule has 0 aliphatic heterocycles. The maximum Gasteiger partial charge on any atom is 0.134 e. The van der Waals surface area contributed by atoms with Gasteiger partial charge in [0.25, 0.3) is 0 Å². The zero-order chi connectivity index (χ0) is 11.5. The topological polar surface area (TPSA) is 13.1 Å². The molecule has 2 rings (SSSR count). The Morgan fingerprint density at radius 2 is 1.94 bits per heavy atom. The SMILES string of the molecule is CCCC(CC)c1oc2ccccc2c1C. The van der Waals surface area contributed by atoms with Crippen LogP contribution in [0.15, 0.2) is 28.7 Å². The van der Waals surface area contributed by atoms with E-state index in [9.17, 15) is 0 Å². The van der Waals surface area contributed by atoms with Crippen LogP contribution in [0.1, 0.15) is 50.4 Å². The zero-order valence-electron chi connectivity index (χ0n) is 10.4. The Balaban J connectivity index is 2.47. The molecule has 0 spiro atoms. The molecule has 16 heavy (non-hydrogen) atoms. The van der Waals surface area contributed by atoms with Crippen molar-refractivity contribution < 1.29 is 4.42 Å². The highest BCUT2D eigenvalue weighted by Crippen LogP contribution is 2.34. The lowest BCUT2D eigenvalue weighted by molar-refractivity contribution is 0.455. The van der Waals surface area contributed by atoms with E-state index in [0.717, 1.165) is 12.0 Å². The van der Waals surface area contributed by atoms with Gasteiger partial charge in [0.2, 0.25) is 0 Å². The second kappa shape index (κ2) is 4.73. The summed E-state index contributed by atoms with van der Waals surface area (Å²) in [6.07, 6.45) is 3.60. The van der Waals surface area contributed by atoms with Crippen molar-refractivity contribution >= 4 is 11.0 Å².